The highest BCUT2D eigenvalue weighted by molar-refractivity contribution is 7.79. The largest absolute Gasteiger partial charge is 0.394 e. The molecule has 0 saturated heterocycles. The van der Waals surface area contributed by atoms with Crippen molar-refractivity contribution < 1.29 is 17.5 Å². The molecule has 1 unspecified atom stereocenters. The lowest BCUT2D eigenvalue weighted by atomic mass is 10.0. The Bertz CT molecular complexity index is 257. The molecule has 1 atom stereocenters. The summed E-state index contributed by atoms with van der Waals surface area (Å²) in [5, 5.41) is 0. The Labute approximate surface area is 112 Å². The minimum atomic E-state index is -4.67. The molecule has 0 aromatic rings. The Hall–Kier alpha value is -0.170. The maximum atomic E-state index is 8.74. The maximum absolute atomic E-state index is 8.74. The summed E-state index contributed by atoms with van der Waals surface area (Å²) < 4.78 is 31.6. The van der Waals surface area contributed by atoms with E-state index in [4.69, 9.17) is 17.5 Å². The summed E-state index contributed by atoms with van der Waals surface area (Å²) in [6, 6.07) is 0.821. The van der Waals surface area contributed by atoms with Gasteiger partial charge < -0.3 is 4.90 Å². The molecule has 6 heteroatoms. The highest BCUT2D eigenvalue weighted by Crippen LogP contribution is 2.13. The molecular formula is C12H29NO4S. The van der Waals surface area contributed by atoms with Crippen molar-refractivity contribution in [2.75, 3.05) is 14.1 Å². The van der Waals surface area contributed by atoms with E-state index in [0.717, 1.165) is 6.04 Å². The molecule has 0 bridgehead atoms. The fraction of sp³-hybridized carbons (Fsp3) is 1.00. The van der Waals surface area contributed by atoms with E-state index in [-0.39, 0.29) is 0 Å². The number of nitrogens with zero attached hydrogens (tertiary/aromatic N) is 1. The van der Waals surface area contributed by atoms with Crippen LogP contribution >= 0.6 is 0 Å². The molecule has 5 nitrogen and oxygen atoms in total. The Morgan fingerprint density at radius 1 is 0.944 bits per heavy atom. The zero-order valence-corrected chi connectivity index (χ0v) is 12.9. The van der Waals surface area contributed by atoms with E-state index >= 15 is 0 Å². The second-order valence-electron chi connectivity index (χ2n) is 4.70. The van der Waals surface area contributed by atoms with Gasteiger partial charge in [-0.3, -0.25) is 9.11 Å². The first kappa shape index (κ1) is 20.2. The molecule has 112 valence electrons. The van der Waals surface area contributed by atoms with Crippen LogP contribution in [0.1, 0.15) is 58.8 Å². The Morgan fingerprint density at radius 3 is 1.78 bits per heavy atom. The quantitative estimate of drug-likeness (QED) is 0.529. The summed E-state index contributed by atoms with van der Waals surface area (Å²) in [7, 11) is -0.250. The summed E-state index contributed by atoms with van der Waals surface area (Å²) in [5.41, 5.74) is 0. The predicted molar refractivity (Wildman–Crippen MR) is 75.3 cm³/mol. The summed E-state index contributed by atoms with van der Waals surface area (Å²) in [4.78, 5) is 2.38. The van der Waals surface area contributed by atoms with Gasteiger partial charge in [0.1, 0.15) is 0 Å². The zero-order chi connectivity index (χ0) is 14.6. The third kappa shape index (κ3) is 21.1. The summed E-state index contributed by atoms with van der Waals surface area (Å²) in [5.74, 6) is 0. The number of hydrogen-bond acceptors (Lipinski definition) is 3. The number of rotatable bonds is 8. The van der Waals surface area contributed by atoms with Crippen LogP contribution in [-0.4, -0.2) is 42.6 Å². The lowest BCUT2D eigenvalue weighted by Crippen LogP contribution is -2.27. The SMILES string of the molecule is CCCCCCC(CCC)N(C)C.O=S(=O)(O)O. The number of unbranched alkanes of at least 4 members (excludes halogenated alkanes) is 3. The van der Waals surface area contributed by atoms with Crippen LogP contribution in [-0.2, 0) is 10.4 Å². The van der Waals surface area contributed by atoms with Gasteiger partial charge in [0.05, 0.1) is 0 Å². The average Bonchev–Trinajstić information content (AvgIpc) is 2.20. The molecule has 0 aromatic carbocycles. The van der Waals surface area contributed by atoms with Crippen LogP contribution < -0.4 is 0 Å². The van der Waals surface area contributed by atoms with Gasteiger partial charge in [0.15, 0.2) is 0 Å². The molecule has 0 fully saturated rings. The van der Waals surface area contributed by atoms with E-state index in [1.807, 2.05) is 0 Å². The van der Waals surface area contributed by atoms with Crippen molar-refractivity contribution in [1.29, 1.82) is 0 Å². The molecule has 0 aliphatic rings. The summed E-state index contributed by atoms with van der Waals surface area (Å²) in [6.45, 7) is 4.55. The van der Waals surface area contributed by atoms with E-state index < -0.39 is 10.4 Å². The number of hydrogen-bond donors (Lipinski definition) is 2. The normalized spacial score (nSPS) is 13.1. The van der Waals surface area contributed by atoms with Crippen molar-refractivity contribution in [3.63, 3.8) is 0 Å². The van der Waals surface area contributed by atoms with Crippen LogP contribution in [0, 0.1) is 0 Å². The third-order valence-corrected chi connectivity index (χ3v) is 2.74. The van der Waals surface area contributed by atoms with Gasteiger partial charge in [-0.15, -0.1) is 0 Å². The molecule has 0 rings (SSSR count). The second kappa shape index (κ2) is 11.9. The van der Waals surface area contributed by atoms with Crippen molar-refractivity contribution in [3.8, 4) is 0 Å². The van der Waals surface area contributed by atoms with Gasteiger partial charge in [0.25, 0.3) is 0 Å². The molecular weight excluding hydrogens is 254 g/mol. The van der Waals surface area contributed by atoms with Crippen molar-refractivity contribution in [3.05, 3.63) is 0 Å². The van der Waals surface area contributed by atoms with Crippen molar-refractivity contribution >= 4 is 10.4 Å². The standard InChI is InChI=1S/C12H27N.H2O4S/c1-5-7-8-9-11-12(10-6-2)13(3)4;1-5(2,3)4/h12H,5-11H2,1-4H3;(H2,1,2,3,4). The third-order valence-electron chi connectivity index (χ3n) is 2.74. The molecule has 0 saturated carbocycles. The van der Waals surface area contributed by atoms with Crippen LogP contribution in [0.25, 0.3) is 0 Å². The lowest BCUT2D eigenvalue weighted by molar-refractivity contribution is 0.256. The summed E-state index contributed by atoms with van der Waals surface area (Å²) in [6.07, 6.45) is 9.66. The first-order valence-corrected chi connectivity index (χ1v) is 7.98. The van der Waals surface area contributed by atoms with Gasteiger partial charge in [0, 0.05) is 6.04 Å². The molecule has 0 aliphatic carbocycles. The van der Waals surface area contributed by atoms with Crippen LogP contribution in [0.4, 0.5) is 0 Å². The van der Waals surface area contributed by atoms with Crippen molar-refractivity contribution in [2.45, 2.75) is 64.8 Å². The molecule has 0 radical (unpaired) electrons. The van der Waals surface area contributed by atoms with Gasteiger partial charge in [0.2, 0.25) is 0 Å². The average molecular weight is 283 g/mol. The first-order valence-electron chi connectivity index (χ1n) is 6.58. The minimum absolute atomic E-state index is 0.821. The van der Waals surface area contributed by atoms with Crippen molar-refractivity contribution in [2.24, 2.45) is 0 Å². The molecule has 0 aliphatic heterocycles. The second-order valence-corrected chi connectivity index (χ2v) is 5.60. The van der Waals surface area contributed by atoms with Gasteiger partial charge in [-0.05, 0) is 26.9 Å². The van der Waals surface area contributed by atoms with Crippen LogP contribution in [0.15, 0.2) is 0 Å². The molecule has 0 aromatic heterocycles. The molecule has 0 heterocycles. The van der Waals surface area contributed by atoms with E-state index in [9.17, 15) is 0 Å². The Morgan fingerprint density at radius 2 is 1.44 bits per heavy atom. The fourth-order valence-electron chi connectivity index (χ4n) is 1.80. The van der Waals surface area contributed by atoms with Gasteiger partial charge in [-0.2, -0.15) is 8.42 Å². The van der Waals surface area contributed by atoms with E-state index in [1.54, 1.807) is 0 Å². The molecule has 0 spiro atoms. The van der Waals surface area contributed by atoms with Gasteiger partial charge >= 0.3 is 10.4 Å². The highest BCUT2D eigenvalue weighted by atomic mass is 32.3. The van der Waals surface area contributed by atoms with Gasteiger partial charge in [-0.25, -0.2) is 0 Å². The first-order chi connectivity index (χ1) is 8.22. The topological polar surface area (TPSA) is 77.8 Å². The Balaban J connectivity index is 0. The predicted octanol–water partition coefficient (Wildman–Crippen LogP) is 3.03. The summed E-state index contributed by atoms with van der Waals surface area (Å²) >= 11 is 0. The fourth-order valence-corrected chi connectivity index (χ4v) is 1.80. The monoisotopic (exact) mass is 283 g/mol. The van der Waals surface area contributed by atoms with E-state index in [0.29, 0.717) is 0 Å². The van der Waals surface area contributed by atoms with E-state index in [1.165, 1.54) is 44.9 Å². The Kier molecular flexibility index (Phi) is 13.3. The highest BCUT2D eigenvalue weighted by Gasteiger charge is 2.08. The molecule has 0 amide bonds. The maximum Gasteiger partial charge on any atom is 0.394 e. The zero-order valence-electron chi connectivity index (χ0n) is 12.1. The molecule has 2 N–H and O–H groups in total. The minimum Gasteiger partial charge on any atom is -0.306 e. The van der Waals surface area contributed by atoms with Gasteiger partial charge in [-0.1, -0.05) is 46.0 Å². The van der Waals surface area contributed by atoms with E-state index in [2.05, 4.69) is 32.8 Å². The molecule has 18 heavy (non-hydrogen) atoms. The van der Waals surface area contributed by atoms with Crippen LogP contribution in [0.3, 0.4) is 0 Å². The van der Waals surface area contributed by atoms with Crippen LogP contribution in [0.5, 0.6) is 0 Å². The lowest BCUT2D eigenvalue weighted by Gasteiger charge is -2.23. The van der Waals surface area contributed by atoms with Crippen LogP contribution in [0.2, 0.25) is 0 Å². The van der Waals surface area contributed by atoms with Crippen molar-refractivity contribution in [1.82, 2.24) is 4.90 Å². The smallest absolute Gasteiger partial charge is 0.306 e.